The molecule has 0 saturated heterocycles. The van der Waals surface area contributed by atoms with Crippen LogP contribution < -0.4 is 10.2 Å². The van der Waals surface area contributed by atoms with Crippen molar-refractivity contribution in [1.82, 2.24) is 5.32 Å². The molecule has 1 aliphatic rings. The molecule has 0 spiro atoms. The molecule has 0 radical (unpaired) electrons. The van der Waals surface area contributed by atoms with Crippen molar-refractivity contribution in [3.63, 3.8) is 0 Å². The van der Waals surface area contributed by atoms with Gasteiger partial charge in [0.2, 0.25) is 5.91 Å². The average Bonchev–Trinajstić information content (AvgIpc) is 2.76. The largest absolute Gasteiger partial charge is 0.346 e. The fourth-order valence-electron chi connectivity index (χ4n) is 3.43. The normalized spacial score (nSPS) is 14.2. The van der Waals surface area contributed by atoms with E-state index < -0.39 is 0 Å². The second kappa shape index (κ2) is 8.53. The molecular weight excluding hydrogens is 380 g/mol. The molecule has 3 aromatic rings. The van der Waals surface area contributed by atoms with Gasteiger partial charge in [-0.15, -0.1) is 11.8 Å². The van der Waals surface area contributed by atoms with Crippen LogP contribution in [-0.4, -0.2) is 17.6 Å². The molecule has 0 aromatic heterocycles. The lowest BCUT2D eigenvalue weighted by Crippen LogP contribution is -2.34. The molecule has 1 heterocycles. The Morgan fingerprint density at radius 1 is 1.03 bits per heavy atom. The molecule has 146 valence electrons. The summed E-state index contributed by atoms with van der Waals surface area (Å²) in [7, 11) is 0. The zero-order chi connectivity index (χ0) is 20.2. The van der Waals surface area contributed by atoms with E-state index in [4.69, 9.17) is 0 Å². The van der Waals surface area contributed by atoms with Crippen LogP contribution in [0.5, 0.6) is 0 Å². The van der Waals surface area contributed by atoms with E-state index in [0.29, 0.717) is 17.9 Å². The van der Waals surface area contributed by atoms with Crippen molar-refractivity contribution in [3.8, 4) is 0 Å². The van der Waals surface area contributed by atoms with E-state index in [0.717, 1.165) is 21.7 Å². The van der Waals surface area contributed by atoms with Gasteiger partial charge in [0.25, 0.3) is 5.91 Å². The van der Waals surface area contributed by atoms with Gasteiger partial charge in [-0.25, -0.2) is 0 Å². The SMILES string of the molecule is CC(NC(=O)c1cccc(CN2C(=O)CSc3ccccc32)c1)c1ccccc1. The van der Waals surface area contributed by atoms with Gasteiger partial charge in [0, 0.05) is 10.5 Å². The Labute approximate surface area is 174 Å². The number of para-hydroxylation sites is 1. The molecule has 1 atom stereocenters. The van der Waals surface area contributed by atoms with Crippen LogP contribution in [0.3, 0.4) is 0 Å². The van der Waals surface area contributed by atoms with Gasteiger partial charge < -0.3 is 10.2 Å². The van der Waals surface area contributed by atoms with Gasteiger partial charge in [-0.3, -0.25) is 9.59 Å². The van der Waals surface area contributed by atoms with E-state index in [-0.39, 0.29) is 17.9 Å². The third-order valence-corrected chi connectivity index (χ3v) is 6.03. The predicted molar refractivity (Wildman–Crippen MR) is 117 cm³/mol. The lowest BCUT2D eigenvalue weighted by atomic mass is 10.1. The minimum atomic E-state index is -0.121. The maximum atomic E-state index is 12.7. The van der Waals surface area contributed by atoms with E-state index in [1.807, 2.05) is 79.7 Å². The number of carbonyl (C=O) groups excluding carboxylic acids is 2. The number of nitrogens with zero attached hydrogens (tertiary/aromatic N) is 1. The van der Waals surface area contributed by atoms with Crippen molar-refractivity contribution in [3.05, 3.63) is 95.6 Å². The highest BCUT2D eigenvalue weighted by Crippen LogP contribution is 2.35. The van der Waals surface area contributed by atoms with Crippen LogP contribution in [0.25, 0.3) is 0 Å². The second-order valence-electron chi connectivity index (χ2n) is 7.04. The summed E-state index contributed by atoms with van der Waals surface area (Å²) in [5, 5.41) is 3.04. The van der Waals surface area contributed by atoms with Crippen molar-refractivity contribution in [2.45, 2.75) is 24.4 Å². The molecule has 5 heteroatoms. The highest BCUT2D eigenvalue weighted by molar-refractivity contribution is 8.00. The van der Waals surface area contributed by atoms with Gasteiger partial charge >= 0.3 is 0 Å². The number of anilines is 1. The van der Waals surface area contributed by atoms with Crippen molar-refractivity contribution < 1.29 is 9.59 Å². The smallest absolute Gasteiger partial charge is 0.251 e. The molecule has 1 aliphatic heterocycles. The van der Waals surface area contributed by atoms with Crippen LogP contribution in [-0.2, 0) is 11.3 Å². The number of rotatable bonds is 5. The Morgan fingerprint density at radius 2 is 1.79 bits per heavy atom. The van der Waals surface area contributed by atoms with E-state index >= 15 is 0 Å². The molecule has 4 rings (SSSR count). The molecule has 29 heavy (non-hydrogen) atoms. The molecule has 4 nitrogen and oxygen atoms in total. The number of benzene rings is 3. The van der Waals surface area contributed by atoms with Gasteiger partial charge in [0.1, 0.15) is 0 Å². The summed E-state index contributed by atoms with van der Waals surface area (Å²) in [5.41, 5.74) is 3.52. The first-order valence-electron chi connectivity index (χ1n) is 9.59. The van der Waals surface area contributed by atoms with E-state index in [9.17, 15) is 9.59 Å². The summed E-state index contributed by atoms with van der Waals surface area (Å²) in [6, 6.07) is 25.2. The monoisotopic (exact) mass is 402 g/mol. The predicted octanol–water partition coefficient (Wildman–Crippen LogP) is 4.82. The topological polar surface area (TPSA) is 49.4 Å². The van der Waals surface area contributed by atoms with Gasteiger partial charge in [-0.2, -0.15) is 0 Å². The van der Waals surface area contributed by atoms with Gasteiger partial charge in [0.15, 0.2) is 0 Å². The second-order valence-corrected chi connectivity index (χ2v) is 8.06. The zero-order valence-corrected chi connectivity index (χ0v) is 17.0. The molecule has 2 amide bonds. The summed E-state index contributed by atoms with van der Waals surface area (Å²) < 4.78 is 0. The fourth-order valence-corrected chi connectivity index (χ4v) is 4.36. The molecule has 0 aliphatic carbocycles. The first-order chi connectivity index (χ1) is 14.1. The first kappa shape index (κ1) is 19.3. The third kappa shape index (κ3) is 4.35. The van der Waals surface area contributed by atoms with Crippen LogP contribution >= 0.6 is 11.8 Å². The fraction of sp³-hybridized carbons (Fsp3) is 0.167. The number of hydrogen-bond donors (Lipinski definition) is 1. The van der Waals surface area contributed by atoms with Crippen LogP contribution in [0.1, 0.15) is 34.5 Å². The van der Waals surface area contributed by atoms with Crippen LogP contribution in [0, 0.1) is 0 Å². The standard InChI is InChI=1S/C24H22N2O2S/c1-17(19-9-3-2-4-10-19)25-24(28)20-11-7-8-18(14-20)15-26-21-12-5-6-13-22(21)29-16-23(26)27/h2-14,17H,15-16H2,1H3,(H,25,28). The Kier molecular flexibility index (Phi) is 5.67. The molecule has 0 bridgehead atoms. The van der Waals surface area contributed by atoms with Gasteiger partial charge in [-0.1, -0.05) is 54.6 Å². The number of fused-ring (bicyclic) bond motifs is 1. The van der Waals surface area contributed by atoms with E-state index in [2.05, 4.69) is 5.32 Å². The number of carbonyl (C=O) groups is 2. The Balaban J connectivity index is 1.51. The Morgan fingerprint density at radius 3 is 2.62 bits per heavy atom. The number of amides is 2. The lowest BCUT2D eigenvalue weighted by molar-refractivity contribution is -0.116. The van der Waals surface area contributed by atoms with Crippen LogP contribution in [0.2, 0.25) is 0 Å². The maximum absolute atomic E-state index is 12.7. The minimum Gasteiger partial charge on any atom is -0.346 e. The summed E-state index contributed by atoms with van der Waals surface area (Å²) in [6.45, 7) is 2.42. The Hall–Kier alpha value is -3.05. The van der Waals surface area contributed by atoms with Gasteiger partial charge in [0.05, 0.1) is 24.0 Å². The minimum absolute atomic E-state index is 0.0834. The summed E-state index contributed by atoms with van der Waals surface area (Å²) in [6.07, 6.45) is 0. The van der Waals surface area contributed by atoms with Crippen LogP contribution in [0.4, 0.5) is 5.69 Å². The van der Waals surface area contributed by atoms with Gasteiger partial charge in [-0.05, 0) is 42.3 Å². The van der Waals surface area contributed by atoms with Crippen LogP contribution in [0.15, 0.2) is 83.8 Å². The maximum Gasteiger partial charge on any atom is 0.251 e. The van der Waals surface area contributed by atoms with E-state index in [1.165, 1.54) is 0 Å². The van der Waals surface area contributed by atoms with Crippen molar-refractivity contribution in [2.75, 3.05) is 10.7 Å². The average molecular weight is 403 g/mol. The van der Waals surface area contributed by atoms with E-state index in [1.54, 1.807) is 22.7 Å². The molecule has 3 aromatic carbocycles. The summed E-state index contributed by atoms with van der Waals surface area (Å²) in [4.78, 5) is 28.2. The number of nitrogens with one attached hydrogen (secondary N) is 1. The van der Waals surface area contributed by atoms with Crippen molar-refractivity contribution in [2.24, 2.45) is 0 Å². The highest BCUT2D eigenvalue weighted by Gasteiger charge is 2.24. The molecule has 0 fully saturated rings. The molecule has 1 N–H and O–H groups in total. The molecule has 0 saturated carbocycles. The third-order valence-electron chi connectivity index (χ3n) is 4.99. The zero-order valence-electron chi connectivity index (χ0n) is 16.2. The molecule has 1 unspecified atom stereocenters. The number of thioether (sulfide) groups is 1. The summed E-state index contributed by atoms with van der Waals surface area (Å²) >= 11 is 1.57. The molecular formula is C24H22N2O2S. The first-order valence-corrected chi connectivity index (χ1v) is 10.6. The highest BCUT2D eigenvalue weighted by atomic mass is 32.2. The summed E-state index contributed by atoms with van der Waals surface area (Å²) in [5.74, 6) is 0.400. The lowest BCUT2D eigenvalue weighted by Gasteiger charge is -2.29. The quantitative estimate of drug-likeness (QED) is 0.666. The van der Waals surface area contributed by atoms with Crippen molar-refractivity contribution in [1.29, 1.82) is 0 Å². The number of hydrogen-bond acceptors (Lipinski definition) is 3. The Bertz CT molecular complexity index is 1040. The van der Waals surface area contributed by atoms with Crippen molar-refractivity contribution >= 4 is 29.3 Å².